The van der Waals surface area contributed by atoms with Crippen LogP contribution < -0.4 is 0 Å². The van der Waals surface area contributed by atoms with Crippen LogP contribution in [-0.2, 0) is 11.3 Å². The van der Waals surface area contributed by atoms with Gasteiger partial charge in [0.15, 0.2) is 0 Å². The highest BCUT2D eigenvalue weighted by molar-refractivity contribution is 6.31. The molecule has 1 fully saturated rings. The molecule has 0 radical (unpaired) electrons. The lowest BCUT2D eigenvalue weighted by molar-refractivity contribution is -0.133. The van der Waals surface area contributed by atoms with Crippen molar-refractivity contribution in [2.75, 3.05) is 13.1 Å². The fourth-order valence-electron chi connectivity index (χ4n) is 3.34. The summed E-state index contributed by atoms with van der Waals surface area (Å²) in [4.78, 5) is 18.7. The zero-order chi connectivity index (χ0) is 16.5. The van der Waals surface area contributed by atoms with Crippen LogP contribution in [0.4, 0.5) is 0 Å². The van der Waals surface area contributed by atoms with E-state index in [0.29, 0.717) is 18.1 Å². The summed E-state index contributed by atoms with van der Waals surface area (Å²) in [5, 5.41) is 5.98. The molecule has 6 nitrogen and oxygen atoms in total. The summed E-state index contributed by atoms with van der Waals surface area (Å²) in [6.45, 7) is 1.81. The molecule has 4 rings (SSSR count). The molecule has 1 aliphatic rings. The molecule has 1 aromatic carbocycles. The Bertz CT molecular complexity index is 857. The van der Waals surface area contributed by atoms with Gasteiger partial charge >= 0.3 is 0 Å². The summed E-state index contributed by atoms with van der Waals surface area (Å²) in [6.07, 6.45) is 7.21. The number of nitrogens with zero attached hydrogens (tertiary/aromatic N) is 5. The minimum atomic E-state index is 0.122. The third-order valence-corrected chi connectivity index (χ3v) is 4.84. The molecule has 1 amide bonds. The molecule has 0 N–H and O–H groups in total. The number of halogens is 1. The van der Waals surface area contributed by atoms with Gasteiger partial charge in [-0.2, -0.15) is 5.10 Å². The van der Waals surface area contributed by atoms with Gasteiger partial charge in [0.05, 0.1) is 6.04 Å². The predicted octanol–water partition coefficient (Wildman–Crippen LogP) is 2.75. The molecule has 7 heteroatoms. The van der Waals surface area contributed by atoms with Crippen molar-refractivity contribution >= 4 is 28.4 Å². The third kappa shape index (κ3) is 2.89. The molecular formula is C17H18ClN5O. The van der Waals surface area contributed by atoms with Gasteiger partial charge in [-0.05, 0) is 36.4 Å². The molecule has 1 atom stereocenters. The Morgan fingerprint density at radius 3 is 3.08 bits per heavy atom. The maximum absolute atomic E-state index is 12.7. The Kier molecular flexibility index (Phi) is 3.98. The molecule has 124 valence electrons. The van der Waals surface area contributed by atoms with Gasteiger partial charge in [0, 0.05) is 29.8 Å². The van der Waals surface area contributed by atoms with Crippen LogP contribution >= 0.6 is 11.6 Å². The molecule has 3 heterocycles. The van der Waals surface area contributed by atoms with E-state index in [4.69, 9.17) is 11.6 Å². The predicted molar refractivity (Wildman–Crippen MR) is 91.8 cm³/mol. The second-order valence-electron chi connectivity index (χ2n) is 6.16. The average molecular weight is 344 g/mol. The number of hydrogen-bond acceptors (Lipinski definition) is 3. The van der Waals surface area contributed by atoms with E-state index in [-0.39, 0.29) is 11.9 Å². The maximum Gasteiger partial charge on any atom is 0.242 e. The van der Waals surface area contributed by atoms with E-state index < -0.39 is 0 Å². The standard InChI is InChI=1S/C17H18ClN5O/c18-14-4-3-13-5-7-21(16(13)8-14)10-17(24)22-6-1-2-15(9-22)23-12-19-11-20-23/h3-5,7-8,11-12,15H,1-2,6,9-10H2/t15-/m1/s1. The number of carbonyl (C=O) groups excluding carboxylic acids is 1. The van der Waals surface area contributed by atoms with Gasteiger partial charge in [-0.1, -0.05) is 17.7 Å². The first-order chi connectivity index (χ1) is 11.7. The highest BCUT2D eigenvalue weighted by atomic mass is 35.5. The minimum Gasteiger partial charge on any atom is -0.339 e. The second-order valence-corrected chi connectivity index (χ2v) is 6.59. The monoisotopic (exact) mass is 343 g/mol. The van der Waals surface area contributed by atoms with Crippen molar-refractivity contribution in [3.8, 4) is 0 Å². The van der Waals surface area contributed by atoms with E-state index in [0.717, 1.165) is 30.3 Å². The fraction of sp³-hybridized carbons (Fsp3) is 0.353. The summed E-state index contributed by atoms with van der Waals surface area (Å²) < 4.78 is 3.81. The van der Waals surface area contributed by atoms with Gasteiger partial charge < -0.3 is 9.47 Å². The quantitative estimate of drug-likeness (QED) is 0.734. The van der Waals surface area contributed by atoms with Crippen molar-refractivity contribution < 1.29 is 4.79 Å². The van der Waals surface area contributed by atoms with Crippen molar-refractivity contribution in [3.05, 3.63) is 48.1 Å². The van der Waals surface area contributed by atoms with Gasteiger partial charge in [-0.15, -0.1) is 0 Å². The lowest BCUT2D eigenvalue weighted by Gasteiger charge is -2.32. The van der Waals surface area contributed by atoms with Crippen molar-refractivity contribution in [1.82, 2.24) is 24.2 Å². The lowest BCUT2D eigenvalue weighted by atomic mass is 10.1. The third-order valence-electron chi connectivity index (χ3n) is 4.60. The Morgan fingerprint density at radius 1 is 1.33 bits per heavy atom. The first kappa shape index (κ1) is 15.2. The summed E-state index contributed by atoms with van der Waals surface area (Å²) in [5.41, 5.74) is 0.987. The van der Waals surface area contributed by atoms with Crippen LogP contribution in [0.5, 0.6) is 0 Å². The molecular weight excluding hydrogens is 326 g/mol. The number of aromatic nitrogens is 4. The molecule has 1 aliphatic heterocycles. The van der Waals surface area contributed by atoms with Crippen molar-refractivity contribution in [2.24, 2.45) is 0 Å². The number of carbonyl (C=O) groups is 1. The molecule has 1 saturated heterocycles. The van der Waals surface area contributed by atoms with Gasteiger partial charge in [0.25, 0.3) is 0 Å². The average Bonchev–Trinajstić information content (AvgIpc) is 3.25. The molecule has 0 saturated carbocycles. The number of likely N-dealkylation sites (tertiary alicyclic amines) is 1. The summed E-state index contributed by atoms with van der Waals surface area (Å²) in [7, 11) is 0. The molecule has 24 heavy (non-hydrogen) atoms. The minimum absolute atomic E-state index is 0.122. The van der Waals surface area contributed by atoms with Crippen LogP contribution in [0, 0.1) is 0 Å². The number of fused-ring (bicyclic) bond motifs is 1. The maximum atomic E-state index is 12.7. The molecule has 2 aromatic heterocycles. The van der Waals surface area contributed by atoms with E-state index >= 15 is 0 Å². The van der Waals surface area contributed by atoms with Crippen molar-refractivity contribution in [3.63, 3.8) is 0 Å². The SMILES string of the molecule is O=C(Cn1ccc2ccc(Cl)cc21)N1CCC[C@@H](n2cncn2)C1. The lowest BCUT2D eigenvalue weighted by Crippen LogP contribution is -2.42. The zero-order valence-corrected chi connectivity index (χ0v) is 13.9. The topological polar surface area (TPSA) is 56.0 Å². The molecule has 0 aliphatic carbocycles. The largest absolute Gasteiger partial charge is 0.339 e. The van der Waals surface area contributed by atoms with Crippen LogP contribution in [0.15, 0.2) is 43.1 Å². The van der Waals surface area contributed by atoms with E-state index in [1.807, 2.05) is 44.6 Å². The summed E-state index contributed by atoms with van der Waals surface area (Å²) in [5.74, 6) is 0.122. The number of rotatable bonds is 3. The number of amides is 1. The summed E-state index contributed by atoms with van der Waals surface area (Å²) >= 11 is 6.08. The van der Waals surface area contributed by atoms with Gasteiger partial charge in [0.2, 0.25) is 5.91 Å². The Labute approximate surface area is 144 Å². The fourth-order valence-corrected chi connectivity index (χ4v) is 3.51. The van der Waals surface area contributed by atoms with E-state index in [9.17, 15) is 4.79 Å². The summed E-state index contributed by atoms with van der Waals surface area (Å²) in [6, 6.07) is 7.95. The first-order valence-electron chi connectivity index (χ1n) is 8.07. The molecule has 3 aromatic rings. The van der Waals surface area contributed by atoms with E-state index in [1.54, 1.807) is 6.33 Å². The Morgan fingerprint density at radius 2 is 2.25 bits per heavy atom. The van der Waals surface area contributed by atoms with Crippen LogP contribution in [0.3, 0.4) is 0 Å². The van der Waals surface area contributed by atoms with E-state index in [2.05, 4.69) is 10.1 Å². The highest BCUT2D eigenvalue weighted by Crippen LogP contribution is 2.23. The van der Waals surface area contributed by atoms with Gasteiger partial charge in [-0.25, -0.2) is 9.67 Å². The van der Waals surface area contributed by atoms with Gasteiger partial charge in [0.1, 0.15) is 19.2 Å². The first-order valence-corrected chi connectivity index (χ1v) is 8.45. The molecule has 0 bridgehead atoms. The highest BCUT2D eigenvalue weighted by Gasteiger charge is 2.25. The zero-order valence-electron chi connectivity index (χ0n) is 13.2. The second kappa shape index (κ2) is 6.28. The number of hydrogen-bond donors (Lipinski definition) is 0. The Balaban J connectivity index is 1.50. The normalized spacial score (nSPS) is 18.2. The number of piperidine rings is 1. The molecule has 0 unspecified atom stereocenters. The Hall–Kier alpha value is -2.34. The van der Waals surface area contributed by atoms with Crippen LogP contribution in [0.25, 0.3) is 10.9 Å². The van der Waals surface area contributed by atoms with Crippen molar-refractivity contribution in [1.29, 1.82) is 0 Å². The van der Waals surface area contributed by atoms with Crippen LogP contribution in [-0.4, -0.2) is 43.2 Å². The molecule has 0 spiro atoms. The smallest absolute Gasteiger partial charge is 0.242 e. The van der Waals surface area contributed by atoms with Crippen LogP contribution in [0.1, 0.15) is 18.9 Å². The number of benzene rings is 1. The van der Waals surface area contributed by atoms with Crippen LogP contribution in [0.2, 0.25) is 5.02 Å². The van der Waals surface area contributed by atoms with E-state index in [1.165, 1.54) is 6.33 Å². The van der Waals surface area contributed by atoms with Gasteiger partial charge in [-0.3, -0.25) is 4.79 Å². The van der Waals surface area contributed by atoms with Crippen molar-refractivity contribution in [2.45, 2.75) is 25.4 Å².